The third kappa shape index (κ3) is 2.19. The highest BCUT2D eigenvalue weighted by atomic mass is 16.5. The highest BCUT2D eigenvalue weighted by Crippen LogP contribution is 2.57. The molecule has 0 amide bonds. The van der Waals surface area contributed by atoms with Gasteiger partial charge >= 0.3 is 0 Å². The van der Waals surface area contributed by atoms with Gasteiger partial charge in [0.2, 0.25) is 0 Å². The van der Waals surface area contributed by atoms with Gasteiger partial charge in [0.15, 0.2) is 0 Å². The van der Waals surface area contributed by atoms with Crippen LogP contribution in [0.1, 0.15) is 51.1 Å². The summed E-state index contributed by atoms with van der Waals surface area (Å²) in [6.45, 7) is 5.20. The maximum Gasteiger partial charge on any atom is 0.0661 e. The SMILES string of the molecule is CCOC1CC(N[C@H](C)c2ccncc2)C12CCC2. The lowest BCUT2D eigenvalue weighted by Gasteiger charge is -2.61. The Hall–Kier alpha value is -0.930. The molecule has 1 heterocycles. The molecule has 0 bridgehead atoms. The molecule has 3 atom stereocenters. The number of ether oxygens (including phenoxy) is 1. The molecule has 0 aromatic carbocycles. The molecular weight excluding hydrogens is 236 g/mol. The van der Waals surface area contributed by atoms with E-state index in [4.69, 9.17) is 4.74 Å². The van der Waals surface area contributed by atoms with Gasteiger partial charge in [-0.05, 0) is 50.8 Å². The summed E-state index contributed by atoms with van der Waals surface area (Å²) in [6, 6.07) is 5.22. The number of aromatic nitrogens is 1. The van der Waals surface area contributed by atoms with E-state index in [-0.39, 0.29) is 0 Å². The Morgan fingerprint density at radius 1 is 1.42 bits per heavy atom. The summed E-state index contributed by atoms with van der Waals surface area (Å²) in [6.07, 6.45) is 9.44. The van der Waals surface area contributed by atoms with Crippen molar-refractivity contribution < 1.29 is 4.74 Å². The first-order valence-corrected chi connectivity index (χ1v) is 7.54. The second-order valence-electron chi connectivity index (χ2n) is 5.99. The van der Waals surface area contributed by atoms with E-state index in [2.05, 4.69) is 36.3 Å². The first-order valence-electron chi connectivity index (χ1n) is 7.54. The Morgan fingerprint density at radius 3 is 2.74 bits per heavy atom. The summed E-state index contributed by atoms with van der Waals surface area (Å²) in [5, 5.41) is 3.81. The number of pyridine rings is 1. The van der Waals surface area contributed by atoms with Crippen LogP contribution in [0.3, 0.4) is 0 Å². The summed E-state index contributed by atoms with van der Waals surface area (Å²) < 4.78 is 5.90. The zero-order valence-corrected chi connectivity index (χ0v) is 11.9. The second-order valence-corrected chi connectivity index (χ2v) is 5.99. The van der Waals surface area contributed by atoms with Crippen LogP contribution < -0.4 is 5.32 Å². The van der Waals surface area contributed by atoms with Crippen molar-refractivity contribution in [1.29, 1.82) is 0 Å². The van der Waals surface area contributed by atoms with Crippen molar-refractivity contribution in [3.05, 3.63) is 30.1 Å². The zero-order chi connectivity index (χ0) is 13.3. The van der Waals surface area contributed by atoms with E-state index in [0.717, 1.165) is 6.61 Å². The van der Waals surface area contributed by atoms with Gasteiger partial charge in [0.25, 0.3) is 0 Å². The highest BCUT2D eigenvalue weighted by Gasteiger charge is 2.58. The lowest BCUT2D eigenvalue weighted by atomic mass is 9.51. The lowest BCUT2D eigenvalue weighted by Crippen LogP contribution is -2.67. The Bertz CT molecular complexity index is 416. The van der Waals surface area contributed by atoms with Crippen molar-refractivity contribution >= 4 is 0 Å². The van der Waals surface area contributed by atoms with E-state index in [9.17, 15) is 0 Å². The van der Waals surface area contributed by atoms with Gasteiger partial charge in [-0.1, -0.05) is 6.42 Å². The largest absolute Gasteiger partial charge is 0.378 e. The molecule has 2 aliphatic carbocycles. The molecule has 0 saturated heterocycles. The van der Waals surface area contributed by atoms with E-state index < -0.39 is 0 Å². The second kappa shape index (κ2) is 5.22. The van der Waals surface area contributed by atoms with E-state index in [1.54, 1.807) is 0 Å². The molecule has 1 spiro atoms. The van der Waals surface area contributed by atoms with Gasteiger partial charge in [0.1, 0.15) is 0 Å². The van der Waals surface area contributed by atoms with Gasteiger partial charge in [-0.3, -0.25) is 4.98 Å². The van der Waals surface area contributed by atoms with Crippen molar-refractivity contribution in [2.24, 2.45) is 5.41 Å². The summed E-state index contributed by atoms with van der Waals surface area (Å²) in [5.74, 6) is 0. The molecular formula is C16H24N2O. The Kier molecular flexibility index (Phi) is 3.59. The average Bonchev–Trinajstić information content (AvgIpc) is 2.36. The number of hydrogen-bond donors (Lipinski definition) is 1. The van der Waals surface area contributed by atoms with Crippen LogP contribution in [-0.4, -0.2) is 23.7 Å². The minimum atomic E-state index is 0.396. The Labute approximate surface area is 115 Å². The van der Waals surface area contributed by atoms with E-state index >= 15 is 0 Å². The highest BCUT2D eigenvalue weighted by molar-refractivity contribution is 5.18. The van der Waals surface area contributed by atoms with Gasteiger partial charge in [-0.2, -0.15) is 0 Å². The van der Waals surface area contributed by atoms with Crippen LogP contribution in [0.4, 0.5) is 0 Å². The molecule has 3 heteroatoms. The third-order valence-corrected chi connectivity index (χ3v) is 5.09. The van der Waals surface area contributed by atoms with Crippen molar-refractivity contribution in [3.8, 4) is 0 Å². The van der Waals surface area contributed by atoms with Crippen molar-refractivity contribution in [3.63, 3.8) is 0 Å². The van der Waals surface area contributed by atoms with Gasteiger partial charge in [-0.15, -0.1) is 0 Å². The molecule has 1 aromatic heterocycles. The normalized spacial score (nSPS) is 29.6. The van der Waals surface area contributed by atoms with Gasteiger partial charge < -0.3 is 10.1 Å². The van der Waals surface area contributed by atoms with Crippen molar-refractivity contribution in [2.75, 3.05) is 6.61 Å². The molecule has 19 heavy (non-hydrogen) atoms. The molecule has 0 aliphatic heterocycles. The van der Waals surface area contributed by atoms with Gasteiger partial charge in [0, 0.05) is 36.5 Å². The Morgan fingerprint density at radius 2 is 2.16 bits per heavy atom. The summed E-state index contributed by atoms with van der Waals surface area (Å²) >= 11 is 0. The third-order valence-electron chi connectivity index (χ3n) is 5.09. The molecule has 2 fully saturated rings. The molecule has 2 saturated carbocycles. The van der Waals surface area contributed by atoms with Crippen LogP contribution in [0.2, 0.25) is 0 Å². The topological polar surface area (TPSA) is 34.1 Å². The molecule has 0 radical (unpaired) electrons. The number of hydrogen-bond acceptors (Lipinski definition) is 3. The van der Waals surface area contributed by atoms with Crippen LogP contribution in [0, 0.1) is 5.41 Å². The molecule has 1 N–H and O–H groups in total. The summed E-state index contributed by atoms with van der Waals surface area (Å²) in [4.78, 5) is 4.09. The number of nitrogens with zero attached hydrogens (tertiary/aromatic N) is 1. The molecule has 2 unspecified atom stereocenters. The minimum Gasteiger partial charge on any atom is -0.378 e. The van der Waals surface area contributed by atoms with E-state index in [0.29, 0.717) is 23.6 Å². The molecule has 3 rings (SSSR count). The predicted octanol–water partition coefficient (Wildman–Crippen LogP) is 3.08. The number of nitrogens with one attached hydrogen (secondary N) is 1. The molecule has 2 aliphatic rings. The van der Waals surface area contributed by atoms with Crippen molar-refractivity contribution in [2.45, 2.75) is 57.7 Å². The van der Waals surface area contributed by atoms with Crippen molar-refractivity contribution in [1.82, 2.24) is 10.3 Å². The fraction of sp³-hybridized carbons (Fsp3) is 0.688. The van der Waals surface area contributed by atoms with Gasteiger partial charge in [0.05, 0.1) is 6.10 Å². The maximum atomic E-state index is 5.90. The first kappa shape index (κ1) is 13.1. The monoisotopic (exact) mass is 260 g/mol. The average molecular weight is 260 g/mol. The first-order chi connectivity index (χ1) is 9.26. The van der Waals surface area contributed by atoms with Crippen LogP contribution in [-0.2, 0) is 4.74 Å². The smallest absolute Gasteiger partial charge is 0.0661 e. The molecule has 104 valence electrons. The van der Waals surface area contributed by atoms with Crippen LogP contribution in [0.15, 0.2) is 24.5 Å². The van der Waals surface area contributed by atoms with E-state index in [1.165, 1.54) is 31.2 Å². The van der Waals surface area contributed by atoms with Gasteiger partial charge in [-0.25, -0.2) is 0 Å². The summed E-state index contributed by atoms with van der Waals surface area (Å²) in [7, 11) is 0. The predicted molar refractivity (Wildman–Crippen MR) is 75.9 cm³/mol. The Balaban J connectivity index is 1.62. The van der Waals surface area contributed by atoms with Crippen LogP contribution >= 0.6 is 0 Å². The minimum absolute atomic E-state index is 0.396. The van der Waals surface area contributed by atoms with Crippen LogP contribution in [0.5, 0.6) is 0 Å². The summed E-state index contributed by atoms with van der Waals surface area (Å²) in [5.41, 5.74) is 1.77. The van der Waals surface area contributed by atoms with Crippen LogP contribution in [0.25, 0.3) is 0 Å². The number of rotatable bonds is 5. The molecule has 1 aromatic rings. The fourth-order valence-electron chi connectivity index (χ4n) is 3.72. The standard InChI is InChI=1S/C16H24N2O/c1-3-19-15-11-14(16(15)7-4-8-16)18-12(2)13-5-9-17-10-6-13/h5-6,9-10,12,14-15,18H,3-4,7-8,11H2,1-2H3/t12-,14?,15?/m1/s1. The lowest BCUT2D eigenvalue weighted by molar-refractivity contribution is -0.174. The fourth-order valence-corrected chi connectivity index (χ4v) is 3.72. The molecule has 3 nitrogen and oxygen atoms in total. The quantitative estimate of drug-likeness (QED) is 0.883. The maximum absolute atomic E-state index is 5.90. The zero-order valence-electron chi connectivity index (χ0n) is 11.9. The van der Waals surface area contributed by atoms with E-state index in [1.807, 2.05) is 12.4 Å².